The fourth-order valence-electron chi connectivity index (χ4n) is 5.96. The SMILES string of the molecule is CC1CC2CCCC(C(C)(C)OC(=O)c3ccc(OS(=O)(=O)C(F)(F)C(F)(F)C(F)(F)S(=O)(=O)NS(C)(=O)=O)cc3)(C1)C2. The maximum Gasteiger partial charge on any atom is 0.450 e. The molecule has 0 radical (unpaired) electrons. The Morgan fingerprint density at radius 1 is 0.930 bits per heavy atom. The topological polar surface area (TPSA) is 150 Å². The molecule has 1 aromatic rings. The standard InChI is InChI=1S/C24H31F6NO9S3/c1-15-12-16-6-5-11-21(13-15,14-16)20(2,3)39-19(32)17-7-9-18(10-8-17)40-43(37,38)24(29,30)22(25,26)23(27,28)42(35,36)31-41(4,33)34/h7-10,15-16,31H,5-6,11-14H2,1-4H3. The monoisotopic (exact) mass is 687 g/mol. The number of sulfonamides is 2. The number of alkyl halides is 6. The van der Waals surface area contributed by atoms with Gasteiger partial charge in [-0.2, -0.15) is 34.8 Å². The molecule has 2 aliphatic rings. The number of carbonyl (C=O) groups excluding carboxylic acids is 1. The molecule has 3 atom stereocenters. The predicted octanol–water partition coefficient (Wildman–Crippen LogP) is 4.64. The van der Waals surface area contributed by atoms with Gasteiger partial charge >= 0.3 is 32.5 Å². The zero-order chi connectivity index (χ0) is 33.1. The molecule has 3 rings (SSSR count). The third kappa shape index (κ3) is 6.49. The highest BCUT2D eigenvalue weighted by molar-refractivity contribution is 8.05. The summed E-state index contributed by atoms with van der Waals surface area (Å²) in [6.07, 6.45) is 5.60. The molecule has 246 valence electrons. The average Bonchev–Trinajstić information content (AvgIpc) is 2.81. The Kier molecular flexibility index (Phi) is 9.08. The molecule has 19 heteroatoms. The van der Waals surface area contributed by atoms with Crippen molar-refractivity contribution >= 4 is 36.1 Å². The Hall–Kier alpha value is -2.12. The summed E-state index contributed by atoms with van der Waals surface area (Å²) in [7, 11) is -19.4. The lowest BCUT2D eigenvalue weighted by Gasteiger charge is -2.55. The molecule has 2 saturated carbocycles. The van der Waals surface area contributed by atoms with Crippen molar-refractivity contribution in [2.45, 2.75) is 81.3 Å². The molecule has 1 N–H and O–H groups in total. The van der Waals surface area contributed by atoms with E-state index in [1.165, 1.54) is 0 Å². The third-order valence-electron chi connectivity index (χ3n) is 7.99. The van der Waals surface area contributed by atoms with E-state index in [0.717, 1.165) is 50.7 Å². The van der Waals surface area contributed by atoms with Gasteiger partial charge in [0.25, 0.3) is 10.0 Å². The smallest absolute Gasteiger partial charge is 0.450 e. The fraction of sp³-hybridized carbons (Fsp3) is 0.708. The normalized spacial score (nSPS) is 24.3. The van der Waals surface area contributed by atoms with Crippen LogP contribution in [0.25, 0.3) is 0 Å². The molecular weight excluding hydrogens is 656 g/mol. The lowest BCUT2D eigenvalue weighted by atomic mass is 9.53. The van der Waals surface area contributed by atoms with Crippen LogP contribution in [0, 0.1) is 17.3 Å². The van der Waals surface area contributed by atoms with Crippen molar-refractivity contribution in [2.75, 3.05) is 6.26 Å². The van der Waals surface area contributed by atoms with Crippen LogP contribution < -0.4 is 8.31 Å². The van der Waals surface area contributed by atoms with Crippen LogP contribution in [0.2, 0.25) is 0 Å². The third-order valence-corrected chi connectivity index (χ3v) is 12.3. The van der Waals surface area contributed by atoms with Gasteiger partial charge in [-0.3, -0.25) is 0 Å². The Morgan fingerprint density at radius 2 is 1.49 bits per heavy atom. The Morgan fingerprint density at radius 3 is 2.02 bits per heavy atom. The number of rotatable bonds is 11. The number of benzene rings is 1. The van der Waals surface area contributed by atoms with Crippen LogP contribution in [0.15, 0.2) is 24.3 Å². The quantitative estimate of drug-likeness (QED) is 0.200. The van der Waals surface area contributed by atoms with Gasteiger partial charge in [-0.05, 0) is 75.6 Å². The summed E-state index contributed by atoms with van der Waals surface area (Å²) in [4.78, 5) is 12.9. The zero-order valence-electron chi connectivity index (χ0n) is 23.4. The van der Waals surface area contributed by atoms with Crippen LogP contribution >= 0.6 is 0 Å². The molecule has 43 heavy (non-hydrogen) atoms. The number of hydrogen-bond acceptors (Lipinski definition) is 9. The number of halogens is 6. The van der Waals surface area contributed by atoms with Gasteiger partial charge in [-0.15, -0.1) is 4.13 Å². The Bertz CT molecular complexity index is 1560. The Labute approximate surface area is 245 Å². The van der Waals surface area contributed by atoms with Gasteiger partial charge in [0.15, 0.2) is 0 Å². The van der Waals surface area contributed by atoms with Crippen molar-refractivity contribution in [3.63, 3.8) is 0 Å². The molecule has 0 spiro atoms. The lowest BCUT2D eigenvalue weighted by molar-refractivity contribution is -0.245. The highest BCUT2D eigenvalue weighted by Crippen LogP contribution is 2.57. The molecule has 2 aliphatic carbocycles. The van der Waals surface area contributed by atoms with Gasteiger partial charge in [0, 0.05) is 5.41 Å². The highest BCUT2D eigenvalue weighted by atomic mass is 32.3. The minimum absolute atomic E-state index is 0.0569. The van der Waals surface area contributed by atoms with E-state index in [-0.39, 0.29) is 21.4 Å². The number of nitrogens with one attached hydrogen (secondary N) is 1. The Balaban J connectivity index is 1.80. The number of ether oxygens (including phenoxy) is 1. The van der Waals surface area contributed by atoms with Crippen molar-refractivity contribution in [1.29, 1.82) is 0 Å². The zero-order valence-corrected chi connectivity index (χ0v) is 25.8. The van der Waals surface area contributed by atoms with Crippen LogP contribution in [-0.2, 0) is 34.9 Å². The molecule has 0 aromatic heterocycles. The lowest BCUT2D eigenvalue weighted by Crippen LogP contribution is -2.63. The van der Waals surface area contributed by atoms with E-state index in [4.69, 9.17) is 4.74 Å². The molecule has 2 fully saturated rings. The molecule has 0 saturated heterocycles. The molecule has 2 bridgehead atoms. The van der Waals surface area contributed by atoms with E-state index in [2.05, 4.69) is 11.1 Å². The second kappa shape index (κ2) is 11.0. The maximum absolute atomic E-state index is 14.4. The molecule has 1 aromatic carbocycles. The highest BCUT2D eigenvalue weighted by Gasteiger charge is 2.83. The molecular formula is C24H31F6NO9S3. The van der Waals surface area contributed by atoms with Gasteiger partial charge in [0.2, 0.25) is 10.0 Å². The van der Waals surface area contributed by atoms with Gasteiger partial charge in [-0.1, -0.05) is 19.8 Å². The molecule has 3 unspecified atom stereocenters. The van der Waals surface area contributed by atoms with Crippen molar-refractivity contribution in [3.05, 3.63) is 29.8 Å². The van der Waals surface area contributed by atoms with Crippen molar-refractivity contribution < 1.29 is 65.3 Å². The number of carbonyl (C=O) groups is 1. The molecule has 10 nitrogen and oxygen atoms in total. The van der Waals surface area contributed by atoms with Crippen LogP contribution in [0.1, 0.15) is 69.7 Å². The van der Waals surface area contributed by atoms with Crippen LogP contribution in [0.4, 0.5) is 26.3 Å². The first-order valence-corrected chi connectivity index (χ1v) is 17.6. The summed E-state index contributed by atoms with van der Waals surface area (Å²) in [5.74, 6) is -8.32. The van der Waals surface area contributed by atoms with Gasteiger partial charge in [-0.25, -0.2) is 21.6 Å². The average molecular weight is 688 g/mol. The van der Waals surface area contributed by atoms with E-state index >= 15 is 0 Å². The second-order valence-corrected chi connectivity index (χ2v) is 17.0. The first kappa shape index (κ1) is 35.4. The van der Waals surface area contributed by atoms with Crippen LogP contribution in [-0.4, -0.2) is 59.5 Å². The predicted molar refractivity (Wildman–Crippen MR) is 140 cm³/mol. The van der Waals surface area contributed by atoms with Crippen LogP contribution in [0.5, 0.6) is 5.75 Å². The summed E-state index contributed by atoms with van der Waals surface area (Å²) in [5.41, 5.74) is -1.42. The van der Waals surface area contributed by atoms with Crippen molar-refractivity contribution in [3.8, 4) is 5.75 Å². The second-order valence-electron chi connectivity index (χ2n) is 11.7. The van der Waals surface area contributed by atoms with E-state index in [9.17, 15) is 56.4 Å². The van der Waals surface area contributed by atoms with E-state index in [1.54, 1.807) is 13.8 Å². The maximum atomic E-state index is 14.4. The molecule has 0 aliphatic heterocycles. The van der Waals surface area contributed by atoms with Gasteiger partial charge < -0.3 is 8.92 Å². The number of esters is 1. The summed E-state index contributed by atoms with van der Waals surface area (Å²) < 4.78 is 164. The summed E-state index contributed by atoms with van der Waals surface area (Å²) >= 11 is 0. The summed E-state index contributed by atoms with van der Waals surface area (Å²) in [6, 6.07) is 2.90. The van der Waals surface area contributed by atoms with Crippen molar-refractivity contribution in [2.24, 2.45) is 17.3 Å². The fourth-order valence-corrected chi connectivity index (χ4v) is 9.41. The summed E-state index contributed by atoms with van der Waals surface area (Å²) in [6.45, 7) is 5.68. The first-order valence-electron chi connectivity index (χ1n) is 12.8. The molecule has 0 amide bonds. The van der Waals surface area contributed by atoms with Crippen molar-refractivity contribution in [1.82, 2.24) is 4.13 Å². The van der Waals surface area contributed by atoms with Crippen LogP contribution in [0.3, 0.4) is 0 Å². The molecule has 0 heterocycles. The first-order chi connectivity index (χ1) is 19.2. The van der Waals surface area contributed by atoms with Gasteiger partial charge in [0.05, 0.1) is 11.8 Å². The van der Waals surface area contributed by atoms with Gasteiger partial charge in [0.1, 0.15) is 11.4 Å². The number of fused-ring (bicyclic) bond motifs is 2. The summed E-state index contributed by atoms with van der Waals surface area (Å²) in [5, 5.41) is -13.9. The largest absolute Gasteiger partial charge is 0.455 e. The van der Waals surface area contributed by atoms with E-state index in [0.29, 0.717) is 24.0 Å². The minimum atomic E-state index is -7.24. The minimum Gasteiger partial charge on any atom is -0.455 e. The van der Waals surface area contributed by atoms with E-state index in [1.807, 2.05) is 0 Å². The van der Waals surface area contributed by atoms with E-state index < -0.39 is 63.9 Å². The number of hydrogen-bond donors (Lipinski definition) is 1.